The Morgan fingerprint density at radius 3 is 2.76 bits per heavy atom. The summed E-state index contributed by atoms with van der Waals surface area (Å²) in [7, 11) is 0. The number of nitrogens with two attached hydrogens (primary N) is 1. The zero-order valence-corrected chi connectivity index (χ0v) is 12.9. The van der Waals surface area contributed by atoms with E-state index in [-0.39, 0.29) is 29.4 Å². The molecule has 0 bridgehead atoms. The van der Waals surface area contributed by atoms with Crippen molar-refractivity contribution in [2.24, 2.45) is 16.1 Å². The maximum Gasteiger partial charge on any atom is 0.188 e. The standard InChI is InChI=1S/C12H23N3O.HI/c1-12(6-7-16-9-12)8-14-11(13)15-10-4-2-3-5-10;/h10H,2-9H2,1H3,(H3,13,14,15);1H. The van der Waals surface area contributed by atoms with E-state index in [1.54, 1.807) is 0 Å². The molecule has 1 saturated heterocycles. The lowest BCUT2D eigenvalue weighted by atomic mass is 9.90. The number of aliphatic imine (C=N–C) groups is 1. The van der Waals surface area contributed by atoms with E-state index in [0.29, 0.717) is 12.0 Å². The second kappa shape index (κ2) is 6.78. The molecule has 1 atom stereocenters. The third kappa shape index (κ3) is 4.62. The van der Waals surface area contributed by atoms with E-state index in [1.807, 2.05) is 0 Å². The summed E-state index contributed by atoms with van der Waals surface area (Å²) in [4.78, 5) is 4.44. The zero-order valence-electron chi connectivity index (χ0n) is 10.6. The van der Waals surface area contributed by atoms with Gasteiger partial charge < -0.3 is 15.8 Å². The molecule has 100 valence electrons. The number of nitrogens with one attached hydrogen (secondary N) is 1. The molecule has 0 aromatic carbocycles. The topological polar surface area (TPSA) is 59.6 Å². The molecule has 1 unspecified atom stereocenters. The molecule has 5 heteroatoms. The first-order chi connectivity index (χ1) is 7.68. The van der Waals surface area contributed by atoms with E-state index < -0.39 is 0 Å². The van der Waals surface area contributed by atoms with Crippen molar-refractivity contribution in [2.75, 3.05) is 19.8 Å². The average Bonchev–Trinajstić information content (AvgIpc) is 2.88. The minimum absolute atomic E-state index is 0. The smallest absolute Gasteiger partial charge is 0.188 e. The highest BCUT2D eigenvalue weighted by molar-refractivity contribution is 14.0. The van der Waals surface area contributed by atoms with Gasteiger partial charge in [-0.25, -0.2) is 0 Å². The van der Waals surface area contributed by atoms with Crippen molar-refractivity contribution in [2.45, 2.75) is 45.1 Å². The number of hydrogen-bond acceptors (Lipinski definition) is 2. The summed E-state index contributed by atoms with van der Waals surface area (Å²) in [5.41, 5.74) is 6.08. The lowest BCUT2D eigenvalue weighted by Crippen LogP contribution is -2.39. The SMILES string of the molecule is CC1(CN=C(N)NC2CCCC2)CCOC1.I. The van der Waals surface area contributed by atoms with Crippen LogP contribution in [0.3, 0.4) is 0 Å². The van der Waals surface area contributed by atoms with Crippen LogP contribution in [0.25, 0.3) is 0 Å². The molecule has 1 aliphatic carbocycles. The summed E-state index contributed by atoms with van der Waals surface area (Å²) in [6.07, 6.45) is 6.19. The molecule has 1 heterocycles. The van der Waals surface area contributed by atoms with Crippen LogP contribution in [0.2, 0.25) is 0 Å². The Kier molecular flexibility index (Phi) is 5.99. The van der Waals surface area contributed by atoms with Crippen LogP contribution in [-0.2, 0) is 4.74 Å². The van der Waals surface area contributed by atoms with Gasteiger partial charge in [-0.2, -0.15) is 0 Å². The molecule has 0 aromatic heterocycles. The van der Waals surface area contributed by atoms with Crippen LogP contribution >= 0.6 is 24.0 Å². The monoisotopic (exact) mass is 353 g/mol. The van der Waals surface area contributed by atoms with Gasteiger partial charge in [-0.3, -0.25) is 4.99 Å². The van der Waals surface area contributed by atoms with Crippen LogP contribution in [0.5, 0.6) is 0 Å². The van der Waals surface area contributed by atoms with Crippen molar-refractivity contribution in [1.82, 2.24) is 5.32 Å². The molecule has 2 aliphatic rings. The summed E-state index contributed by atoms with van der Waals surface area (Å²) in [5.74, 6) is 0.611. The largest absolute Gasteiger partial charge is 0.381 e. The van der Waals surface area contributed by atoms with Gasteiger partial charge in [0.1, 0.15) is 0 Å². The summed E-state index contributed by atoms with van der Waals surface area (Å²) < 4.78 is 5.40. The number of rotatable bonds is 3. The van der Waals surface area contributed by atoms with Gasteiger partial charge in [0.05, 0.1) is 13.2 Å². The van der Waals surface area contributed by atoms with Crippen molar-refractivity contribution in [1.29, 1.82) is 0 Å². The molecule has 17 heavy (non-hydrogen) atoms. The second-order valence-corrected chi connectivity index (χ2v) is 5.44. The molecule has 0 radical (unpaired) electrons. The fourth-order valence-corrected chi connectivity index (χ4v) is 2.43. The van der Waals surface area contributed by atoms with Crippen LogP contribution in [0.4, 0.5) is 0 Å². The molecule has 4 nitrogen and oxygen atoms in total. The van der Waals surface area contributed by atoms with Crippen LogP contribution in [0, 0.1) is 5.41 Å². The Balaban J connectivity index is 0.00000144. The molecular formula is C12H24IN3O. The van der Waals surface area contributed by atoms with Crippen molar-refractivity contribution in [3.05, 3.63) is 0 Å². The van der Waals surface area contributed by atoms with Gasteiger partial charge in [0.15, 0.2) is 5.96 Å². The quantitative estimate of drug-likeness (QED) is 0.463. The Morgan fingerprint density at radius 2 is 2.18 bits per heavy atom. The molecule has 0 amide bonds. The summed E-state index contributed by atoms with van der Waals surface area (Å²) >= 11 is 0. The second-order valence-electron chi connectivity index (χ2n) is 5.44. The lowest BCUT2D eigenvalue weighted by Gasteiger charge is -2.19. The predicted octanol–water partition coefficient (Wildman–Crippen LogP) is 1.88. The number of hydrogen-bond donors (Lipinski definition) is 2. The van der Waals surface area contributed by atoms with Gasteiger partial charge in [-0.05, 0) is 19.3 Å². The van der Waals surface area contributed by atoms with Crippen LogP contribution in [0.1, 0.15) is 39.0 Å². The number of halogens is 1. The van der Waals surface area contributed by atoms with Gasteiger partial charge in [-0.1, -0.05) is 19.8 Å². The summed E-state index contributed by atoms with van der Waals surface area (Å²) in [6, 6.07) is 0.552. The Morgan fingerprint density at radius 1 is 1.47 bits per heavy atom. The van der Waals surface area contributed by atoms with Gasteiger partial charge in [-0.15, -0.1) is 24.0 Å². The fourth-order valence-electron chi connectivity index (χ4n) is 2.43. The summed E-state index contributed by atoms with van der Waals surface area (Å²) in [6.45, 7) is 4.67. The minimum atomic E-state index is 0. The highest BCUT2D eigenvalue weighted by Crippen LogP contribution is 2.27. The van der Waals surface area contributed by atoms with E-state index in [0.717, 1.165) is 26.2 Å². The number of guanidine groups is 1. The predicted molar refractivity (Wildman–Crippen MR) is 80.8 cm³/mol. The highest BCUT2D eigenvalue weighted by Gasteiger charge is 2.29. The molecule has 2 fully saturated rings. The van der Waals surface area contributed by atoms with E-state index in [1.165, 1.54) is 25.7 Å². The van der Waals surface area contributed by atoms with Gasteiger partial charge >= 0.3 is 0 Å². The van der Waals surface area contributed by atoms with Crippen molar-refractivity contribution in [3.63, 3.8) is 0 Å². The molecule has 1 saturated carbocycles. The van der Waals surface area contributed by atoms with E-state index in [2.05, 4.69) is 17.2 Å². The first kappa shape index (κ1) is 15.0. The van der Waals surface area contributed by atoms with Crippen LogP contribution in [0.15, 0.2) is 4.99 Å². The third-order valence-electron chi connectivity index (χ3n) is 3.64. The van der Waals surface area contributed by atoms with E-state index in [9.17, 15) is 0 Å². The highest BCUT2D eigenvalue weighted by atomic mass is 127. The minimum Gasteiger partial charge on any atom is -0.381 e. The molecule has 2 rings (SSSR count). The summed E-state index contributed by atoms with van der Waals surface area (Å²) in [5, 5.41) is 3.31. The van der Waals surface area contributed by atoms with E-state index >= 15 is 0 Å². The Hall–Kier alpha value is -0.0400. The van der Waals surface area contributed by atoms with E-state index in [4.69, 9.17) is 10.5 Å². The third-order valence-corrected chi connectivity index (χ3v) is 3.64. The Labute approximate surface area is 121 Å². The van der Waals surface area contributed by atoms with Crippen LogP contribution in [-0.4, -0.2) is 31.8 Å². The van der Waals surface area contributed by atoms with Gasteiger partial charge in [0.25, 0.3) is 0 Å². The van der Waals surface area contributed by atoms with Gasteiger partial charge in [0, 0.05) is 18.1 Å². The number of ether oxygens (including phenoxy) is 1. The van der Waals surface area contributed by atoms with Crippen molar-refractivity contribution >= 4 is 29.9 Å². The van der Waals surface area contributed by atoms with Crippen molar-refractivity contribution < 1.29 is 4.74 Å². The normalized spacial score (nSPS) is 30.3. The molecule has 0 spiro atoms. The lowest BCUT2D eigenvalue weighted by molar-refractivity contribution is 0.163. The molecule has 3 N–H and O–H groups in total. The van der Waals surface area contributed by atoms with Crippen molar-refractivity contribution in [3.8, 4) is 0 Å². The molecule has 1 aliphatic heterocycles. The maximum absolute atomic E-state index is 5.89. The van der Waals surface area contributed by atoms with Crippen LogP contribution < -0.4 is 11.1 Å². The fraction of sp³-hybridized carbons (Fsp3) is 0.917. The Bertz CT molecular complexity index is 258. The molecular weight excluding hydrogens is 329 g/mol. The first-order valence-electron chi connectivity index (χ1n) is 6.32. The first-order valence-corrected chi connectivity index (χ1v) is 6.32. The number of nitrogens with zero attached hydrogens (tertiary/aromatic N) is 1. The van der Waals surface area contributed by atoms with Gasteiger partial charge in [0.2, 0.25) is 0 Å². The average molecular weight is 353 g/mol. The molecule has 0 aromatic rings. The zero-order chi connectivity index (χ0) is 11.4. The maximum atomic E-state index is 5.89.